The highest BCUT2D eigenvalue weighted by atomic mass is 79.9. The van der Waals surface area contributed by atoms with Crippen molar-refractivity contribution in [1.29, 1.82) is 0 Å². The Morgan fingerprint density at radius 3 is 2.68 bits per heavy atom. The molecule has 0 spiro atoms. The molecule has 0 saturated heterocycles. The summed E-state index contributed by atoms with van der Waals surface area (Å²) in [6, 6.07) is 12.9. The van der Waals surface area contributed by atoms with Crippen molar-refractivity contribution in [2.75, 3.05) is 32.6 Å². The summed E-state index contributed by atoms with van der Waals surface area (Å²) in [5, 5.41) is 30.6. The van der Waals surface area contributed by atoms with Gasteiger partial charge in [-0.2, -0.15) is 4.68 Å². The van der Waals surface area contributed by atoms with Gasteiger partial charge in [-0.05, 0) is 62.0 Å². The number of para-hydroxylation sites is 2. The number of carboxylic acid groups (broad SMARTS) is 1. The first kappa shape index (κ1) is 32.2. The third-order valence-corrected chi connectivity index (χ3v) is 7.42. The van der Waals surface area contributed by atoms with E-state index in [4.69, 9.17) is 9.84 Å². The van der Waals surface area contributed by atoms with Crippen LogP contribution in [0.4, 0.5) is 20.6 Å². The zero-order valence-electron chi connectivity index (χ0n) is 24.1. The molecule has 44 heavy (non-hydrogen) atoms. The molecule has 4 aromatic rings. The minimum Gasteiger partial charge on any atom is -0.489 e. The number of aromatic nitrogens is 3. The quantitative estimate of drug-likeness (QED) is 0.115. The van der Waals surface area contributed by atoms with Crippen LogP contribution >= 0.6 is 15.9 Å². The van der Waals surface area contributed by atoms with Crippen LogP contribution < -0.4 is 21.1 Å². The number of likely N-dealkylation sites (N-methyl/N-ethyl adjacent to an activating group) is 1. The molecular weight excluding hydrogens is 641 g/mol. The van der Waals surface area contributed by atoms with Gasteiger partial charge < -0.3 is 25.4 Å². The molecule has 0 aliphatic carbocycles. The second-order valence-electron chi connectivity index (χ2n) is 10.0. The number of nitro benzene ring substituents is 1. The lowest BCUT2D eigenvalue weighted by Gasteiger charge is -2.22. The number of hydrogen-bond acceptors (Lipinski definition) is 8. The lowest BCUT2D eigenvalue weighted by Crippen LogP contribution is -2.21. The third-order valence-electron chi connectivity index (χ3n) is 6.64. The van der Waals surface area contributed by atoms with Crippen LogP contribution in [0.1, 0.15) is 35.5 Å². The highest BCUT2D eigenvalue weighted by Gasteiger charge is 2.27. The number of rotatable bonds is 13. The average Bonchev–Trinajstić information content (AvgIpc) is 3.37. The minimum atomic E-state index is -1.20. The van der Waals surface area contributed by atoms with Crippen molar-refractivity contribution in [3.05, 3.63) is 108 Å². The van der Waals surface area contributed by atoms with E-state index in [9.17, 15) is 19.7 Å². The second-order valence-corrected chi connectivity index (χ2v) is 10.9. The van der Waals surface area contributed by atoms with Crippen LogP contribution in [0, 0.1) is 15.9 Å². The van der Waals surface area contributed by atoms with Crippen molar-refractivity contribution >= 4 is 33.4 Å². The molecule has 0 bridgehead atoms. The number of nitrogens with zero attached hydrogens (tertiary/aromatic N) is 4. The maximum atomic E-state index is 16.2. The Kier molecular flexibility index (Phi) is 10.3. The highest BCUT2D eigenvalue weighted by Crippen LogP contribution is 2.34. The van der Waals surface area contributed by atoms with Gasteiger partial charge in [-0.25, -0.2) is 14.0 Å². The van der Waals surface area contributed by atoms with Gasteiger partial charge in [0.15, 0.2) is 17.4 Å². The van der Waals surface area contributed by atoms with Gasteiger partial charge in [0.2, 0.25) is 0 Å². The van der Waals surface area contributed by atoms with Crippen molar-refractivity contribution in [2.24, 2.45) is 0 Å². The van der Waals surface area contributed by atoms with Gasteiger partial charge in [0.1, 0.15) is 18.3 Å². The number of aromatic amines is 1. The summed E-state index contributed by atoms with van der Waals surface area (Å²) in [5.74, 6) is -0.673. The Hall–Kier alpha value is -4.76. The predicted octanol–water partition coefficient (Wildman–Crippen LogP) is 4.84. The predicted molar refractivity (Wildman–Crippen MR) is 165 cm³/mol. The number of ether oxygens (including phenoxy) is 1. The zero-order chi connectivity index (χ0) is 32.0. The van der Waals surface area contributed by atoms with Gasteiger partial charge in [0.05, 0.1) is 4.92 Å². The molecule has 1 atom stereocenters. The normalized spacial score (nSPS) is 11.8. The van der Waals surface area contributed by atoms with Gasteiger partial charge in [-0.15, -0.1) is 5.10 Å². The van der Waals surface area contributed by atoms with Crippen LogP contribution in [-0.4, -0.2) is 63.0 Å². The van der Waals surface area contributed by atoms with E-state index >= 15 is 4.39 Å². The Bertz CT molecular complexity index is 1720. The van der Waals surface area contributed by atoms with E-state index in [1.165, 1.54) is 24.3 Å². The lowest BCUT2D eigenvalue weighted by molar-refractivity contribution is -0.384. The number of amides is 1. The molecule has 13 nitrogen and oxygen atoms in total. The summed E-state index contributed by atoms with van der Waals surface area (Å²) < 4.78 is 23.5. The smallest absolute Gasteiger partial charge is 0.404 e. The maximum Gasteiger partial charge on any atom is 0.404 e. The molecule has 0 radical (unpaired) electrons. The first-order valence-corrected chi connectivity index (χ1v) is 14.3. The van der Waals surface area contributed by atoms with Gasteiger partial charge in [-0.1, -0.05) is 41.1 Å². The molecule has 0 aliphatic rings. The van der Waals surface area contributed by atoms with Crippen molar-refractivity contribution < 1.29 is 24.0 Å². The van der Waals surface area contributed by atoms with Gasteiger partial charge >= 0.3 is 11.8 Å². The average molecular weight is 673 g/mol. The standard InChI is InChI=1S/C29H31BrFN7O6/c1-4-17-13-20(25(31)24(14-17)44-12-11-36(2)3)26(33-19-9-10-21(30)18(15-19)16-32-29(40)41)27-34-28(39)37(35-27)22-7-5-6-8-23(22)38(42)43/h5-10,13-15,26,32-33H,4,11-12,16H2,1-3H3,(H,40,41)(H,34,35,39). The molecule has 4 rings (SSSR count). The molecule has 232 valence electrons. The van der Waals surface area contributed by atoms with E-state index < -0.39 is 28.6 Å². The number of carbonyl (C=O) groups is 1. The Morgan fingerprint density at radius 1 is 1.25 bits per heavy atom. The van der Waals surface area contributed by atoms with Crippen LogP contribution in [0.3, 0.4) is 0 Å². The minimum absolute atomic E-state index is 0.0111. The SMILES string of the molecule is CCc1cc(OCCN(C)C)c(F)c(C(Nc2ccc(Br)c(CNC(=O)O)c2)c2nn(-c3ccccc3[N+](=O)[O-])c(=O)[nH]2)c1. The van der Waals surface area contributed by atoms with E-state index in [-0.39, 0.29) is 41.7 Å². The maximum absolute atomic E-state index is 16.2. The van der Waals surface area contributed by atoms with Crippen LogP contribution in [-0.2, 0) is 13.0 Å². The van der Waals surface area contributed by atoms with Crippen LogP contribution in [0.2, 0.25) is 0 Å². The van der Waals surface area contributed by atoms with Crippen LogP contribution in [0.15, 0.2) is 63.9 Å². The number of halogens is 2. The fourth-order valence-electron chi connectivity index (χ4n) is 4.40. The molecule has 3 aromatic carbocycles. The highest BCUT2D eigenvalue weighted by molar-refractivity contribution is 9.10. The number of H-pyrrole nitrogens is 1. The first-order chi connectivity index (χ1) is 21.0. The molecule has 15 heteroatoms. The number of hydrogen-bond donors (Lipinski definition) is 4. The van der Waals surface area contributed by atoms with E-state index in [1.54, 1.807) is 30.3 Å². The van der Waals surface area contributed by atoms with Gasteiger partial charge in [0, 0.05) is 34.9 Å². The molecule has 0 saturated carbocycles. The lowest BCUT2D eigenvalue weighted by atomic mass is 10.00. The number of nitrogens with one attached hydrogen (secondary N) is 3. The van der Waals surface area contributed by atoms with E-state index in [0.29, 0.717) is 28.7 Å². The van der Waals surface area contributed by atoms with E-state index in [1.807, 2.05) is 25.9 Å². The van der Waals surface area contributed by atoms with Gasteiger partial charge in [-0.3, -0.25) is 15.1 Å². The van der Waals surface area contributed by atoms with Crippen LogP contribution in [0.25, 0.3) is 5.69 Å². The number of aryl methyl sites for hydroxylation is 1. The van der Waals surface area contributed by atoms with E-state index in [2.05, 4.69) is 36.6 Å². The van der Waals surface area contributed by atoms with Crippen molar-refractivity contribution in [3.8, 4) is 11.4 Å². The molecular formula is C29H31BrFN7O6. The van der Waals surface area contributed by atoms with Crippen LogP contribution in [0.5, 0.6) is 5.75 Å². The summed E-state index contributed by atoms with van der Waals surface area (Å²) in [4.78, 5) is 39.8. The summed E-state index contributed by atoms with van der Waals surface area (Å²) in [7, 11) is 3.74. The monoisotopic (exact) mass is 671 g/mol. The van der Waals surface area contributed by atoms with Crippen molar-refractivity contribution in [3.63, 3.8) is 0 Å². The summed E-state index contributed by atoms with van der Waals surface area (Å²) in [6.45, 7) is 2.67. The summed E-state index contributed by atoms with van der Waals surface area (Å²) in [5.41, 5.74) is 0.749. The van der Waals surface area contributed by atoms with E-state index in [0.717, 1.165) is 10.2 Å². The number of anilines is 1. The van der Waals surface area contributed by atoms with Gasteiger partial charge in [0.25, 0.3) is 5.69 Å². The number of nitro groups is 1. The van der Waals surface area contributed by atoms with Crippen molar-refractivity contribution in [2.45, 2.75) is 25.9 Å². The molecule has 4 N–H and O–H groups in total. The zero-order valence-corrected chi connectivity index (χ0v) is 25.7. The van der Waals surface area contributed by atoms with Crippen molar-refractivity contribution in [1.82, 2.24) is 25.0 Å². The Labute approximate surface area is 259 Å². The summed E-state index contributed by atoms with van der Waals surface area (Å²) >= 11 is 3.41. The molecule has 0 aliphatic heterocycles. The largest absolute Gasteiger partial charge is 0.489 e. The first-order valence-electron chi connectivity index (χ1n) is 13.5. The second kappa shape index (κ2) is 14.1. The number of benzene rings is 3. The molecule has 1 unspecified atom stereocenters. The summed E-state index contributed by atoms with van der Waals surface area (Å²) in [6.07, 6.45) is -0.652. The fraction of sp³-hybridized carbons (Fsp3) is 0.276. The topological polar surface area (TPSA) is 168 Å². The molecule has 1 aromatic heterocycles. The Morgan fingerprint density at radius 2 is 2.00 bits per heavy atom. The third kappa shape index (κ3) is 7.60. The molecule has 0 fully saturated rings. The Balaban J connectivity index is 1.86. The fourth-order valence-corrected chi connectivity index (χ4v) is 4.79. The molecule has 1 amide bonds. The molecule has 1 heterocycles.